The highest BCUT2D eigenvalue weighted by Crippen LogP contribution is 2.13. The van der Waals surface area contributed by atoms with Crippen molar-refractivity contribution in [3.63, 3.8) is 0 Å². The van der Waals surface area contributed by atoms with Crippen LogP contribution in [0.3, 0.4) is 0 Å². The molecular formula is C21H25NO. The molecule has 0 bridgehead atoms. The van der Waals surface area contributed by atoms with Gasteiger partial charge in [0.1, 0.15) is 0 Å². The van der Waals surface area contributed by atoms with Crippen molar-refractivity contribution in [2.24, 2.45) is 0 Å². The molecule has 2 rings (SSSR count). The van der Waals surface area contributed by atoms with Crippen LogP contribution >= 0.6 is 0 Å². The van der Waals surface area contributed by atoms with Crippen LogP contribution in [0.2, 0.25) is 0 Å². The molecule has 0 aliphatic carbocycles. The standard InChI is InChI=1S/C21H25NO/c1-22(2)16-7-6-13-21(23)20-12-8-11-19(17-20)15-14-18-9-4-3-5-10-18/h3-5,8-12,14-15,17H,6-7,13,16H2,1-2H3. The summed E-state index contributed by atoms with van der Waals surface area (Å²) in [5, 5.41) is 0. The number of carbonyl (C=O) groups excluding carboxylic acids is 1. The number of hydrogen-bond acceptors (Lipinski definition) is 2. The molecule has 0 amide bonds. The highest BCUT2D eigenvalue weighted by atomic mass is 16.1. The van der Waals surface area contributed by atoms with Gasteiger partial charge in [0.25, 0.3) is 0 Å². The number of benzene rings is 2. The fourth-order valence-corrected chi connectivity index (χ4v) is 2.43. The number of nitrogens with zero attached hydrogens (tertiary/aromatic N) is 1. The Hall–Kier alpha value is -2.19. The van der Waals surface area contributed by atoms with E-state index in [9.17, 15) is 4.79 Å². The molecule has 2 nitrogen and oxygen atoms in total. The van der Waals surface area contributed by atoms with Gasteiger partial charge in [-0.05, 0) is 50.7 Å². The first-order chi connectivity index (χ1) is 11.1. The molecule has 0 aromatic heterocycles. The van der Waals surface area contributed by atoms with Gasteiger partial charge in [-0.2, -0.15) is 0 Å². The SMILES string of the molecule is CN(C)CCCCC(=O)c1cccc(C=Cc2ccccc2)c1. The summed E-state index contributed by atoms with van der Waals surface area (Å²) in [6, 6.07) is 18.1. The summed E-state index contributed by atoms with van der Waals surface area (Å²) < 4.78 is 0. The zero-order chi connectivity index (χ0) is 16.5. The Balaban J connectivity index is 1.94. The molecule has 2 aromatic rings. The first kappa shape index (κ1) is 17.2. The van der Waals surface area contributed by atoms with Gasteiger partial charge in [-0.15, -0.1) is 0 Å². The minimum absolute atomic E-state index is 0.235. The topological polar surface area (TPSA) is 20.3 Å². The summed E-state index contributed by atoms with van der Waals surface area (Å²) in [6.45, 7) is 1.03. The zero-order valence-corrected chi connectivity index (χ0v) is 14.0. The van der Waals surface area contributed by atoms with Crippen molar-refractivity contribution in [2.45, 2.75) is 19.3 Å². The third-order valence-electron chi connectivity index (χ3n) is 3.74. The van der Waals surface area contributed by atoms with Gasteiger partial charge in [-0.1, -0.05) is 60.7 Å². The van der Waals surface area contributed by atoms with Gasteiger partial charge in [-0.3, -0.25) is 4.79 Å². The Morgan fingerprint density at radius 2 is 1.61 bits per heavy atom. The summed E-state index contributed by atoms with van der Waals surface area (Å²) in [4.78, 5) is 14.4. The summed E-state index contributed by atoms with van der Waals surface area (Å²) in [5.74, 6) is 0.235. The molecule has 0 radical (unpaired) electrons. The first-order valence-electron chi connectivity index (χ1n) is 8.16. The van der Waals surface area contributed by atoms with Crippen molar-refractivity contribution >= 4 is 17.9 Å². The van der Waals surface area contributed by atoms with Gasteiger partial charge < -0.3 is 4.90 Å². The van der Waals surface area contributed by atoms with Gasteiger partial charge in [0.2, 0.25) is 0 Å². The Bertz CT molecular complexity index is 644. The minimum atomic E-state index is 0.235. The van der Waals surface area contributed by atoms with E-state index < -0.39 is 0 Å². The summed E-state index contributed by atoms with van der Waals surface area (Å²) in [5.41, 5.74) is 3.03. The molecule has 2 aromatic carbocycles. The molecule has 0 aliphatic rings. The predicted molar refractivity (Wildman–Crippen MR) is 98.5 cm³/mol. The molecule has 23 heavy (non-hydrogen) atoms. The van der Waals surface area contributed by atoms with E-state index in [2.05, 4.69) is 43.3 Å². The lowest BCUT2D eigenvalue weighted by molar-refractivity contribution is 0.0978. The number of Topliss-reactive ketones (excluding diaryl/α,β-unsaturated/α-hetero) is 1. The molecule has 0 atom stereocenters. The van der Waals surface area contributed by atoms with E-state index in [1.165, 1.54) is 0 Å². The van der Waals surface area contributed by atoms with Crippen LogP contribution in [0, 0.1) is 0 Å². The van der Waals surface area contributed by atoms with E-state index in [-0.39, 0.29) is 5.78 Å². The Labute approximate surface area is 139 Å². The molecule has 2 heteroatoms. The van der Waals surface area contributed by atoms with E-state index in [4.69, 9.17) is 0 Å². The van der Waals surface area contributed by atoms with Crippen molar-refractivity contribution < 1.29 is 4.79 Å². The second-order valence-corrected chi connectivity index (χ2v) is 6.05. The normalized spacial score (nSPS) is 11.3. The van der Waals surface area contributed by atoms with Gasteiger partial charge in [0.05, 0.1) is 0 Å². The molecule has 120 valence electrons. The lowest BCUT2D eigenvalue weighted by Crippen LogP contribution is -2.13. The molecular weight excluding hydrogens is 282 g/mol. The maximum Gasteiger partial charge on any atom is 0.162 e. The molecule has 0 spiro atoms. The van der Waals surface area contributed by atoms with Crippen LogP contribution < -0.4 is 0 Å². The molecule has 0 saturated heterocycles. The van der Waals surface area contributed by atoms with Gasteiger partial charge in [0, 0.05) is 12.0 Å². The average molecular weight is 307 g/mol. The van der Waals surface area contributed by atoms with Crippen LogP contribution in [0.4, 0.5) is 0 Å². The largest absolute Gasteiger partial charge is 0.309 e. The van der Waals surface area contributed by atoms with Crippen LogP contribution in [0.5, 0.6) is 0 Å². The van der Waals surface area contributed by atoms with Crippen LogP contribution in [0.15, 0.2) is 54.6 Å². The van der Waals surface area contributed by atoms with E-state index in [1.54, 1.807) is 0 Å². The fraction of sp³-hybridized carbons (Fsp3) is 0.286. The fourth-order valence-electron chi connectivity index (χ4n) is 2.43. The van der Waals surface area contributed by atoms with Crippen molar-refractivity contribution in [2.75, 3.05) is 20.6 Å². The number of ketones is 1. The van der Waals surface area contributed by atoms with Crippen LogP contribution in [0.25, 0.3) is 12.2 Å². The molecule has 0 N–H and O–H groups in total. The molecule has 0 unspecified atom stereocenters. The number of carbonyl (C=O) groups is 1. The highest BCUT2D eigenvalue weighted by molar-refractivity contribution is 5.96. The maximum absolute atomic E-state index is 12.3. The number of unbranched alkanes of at least 4 members (excludes halogenated alkanes) is 1. The third-order valence-corrected chi connectivity index (χ3v) is 3.74. The Kier molecular flexibility index (Phi) is 6.76. The van der Waals surface area contributed by atoms with E-state index in [1.807, 2.05) is 42.5 Å². The van der Waals surface area contributed by atoms with Crippen LogP contribution in [-0.2, 0) is 0 Å². The van der Waals surface area contributed by atoms with Gasteiger partial charge in [-0.25, -0.2) is 0 Å². The quantitative estimate of drug-likeness (QED) is 0.398. The maximum atomic E-state index is 12.3. The second kappa shape index (κ2) is 9.06. The van der Waals surface area contributed by atoms with Crippen LogP contribution in [-0.4, -0.2) is 31.3 Å². The number of hydrogen-bond donors (Lipinski definition) is 0. The first-order valence-corrected chi connectivity index (χ1v) is 8.16. The van der Waals surface area contributed by atoms with Crippen molar-refractivity contribution in [3.05, 3.63) is 71.3 Å². The lowest BCUT2D eigenvalue weighted by atomic mass is 10.0. The van der Waals surface area contributed by atoms with Crippen molar-refractivity contribution in [1.29, 1.82) is 0 Å². The summed E-state index contributed by atoms with van der Waals surface area (Å²) in [7, 11) is 4.12. The van der Waals surface area contributed by atoms with E-state index in [0.29, 0.717) is 6.42 Å². The van der Waals surface area contributed by atoms with E-state index in [0.717, 1.165) is 36.1 Å². The van der Waals surface area contributed by atoms with Crippen molar-refractivity contribution in [1.82, 2.24) is 4.90 Å². The third kappa shape index (κ3) is 6.21. The highest BCUT2D eigenvalue weighted by Gasteiger charge is 2.05. The molecule has 0 aliphatic heterocycles. The molecule has 0 fully saturated rings. The molecule has 0 saturated carbocycles. The van der Waals surface area contributed by atoms with Gasteiger partial charge in [0.15, 0.2) is 5.78 Å². The monoisotopic (exact) mass is 307 g/mol. The van der Waals surface area contributed by atoms with E-state index >= 15 is 0 Å². The van der Waals surface area contributed by atoms with Crippen molar-refractivity contribution in [3.8, 4) is 0 Å². The zero-order valence-electron chi connectivity index (χ0n) is 14.0. The Morgan fingerprint density at radius 1 is 0.913 bits per heavy atom. The smallest absolute Gasteiger partial charge is 0.162 e. The van der Waals surface area contributed by atoms with Crippen LogP contribution in [0.1, 0.15) is 40.7 Å². The average Bonchev–Trinajstić information content (AvgIpc) is 2.58. The summed E-state index contributed by atoms with van der Waals surface area (Å²) in [6.07, 6.45) is 6.76. The Morgan fingerprint density at radius 3 is 2.35 bits per heavy atom. The number of rotatable bonds is 8. The van der Waals surface area contributed by atoms with Gasteiger partial charge >= 0.3 is 0 Å². The molecule has 0 heterocycles. The summed E-state index contributed by atoms with van der Waals surface area (Å²) >= 11 is 0. The lowest BCUT2D eigenvalue weighted by Gasteiger charge is -2.08. The predicted octanol–water partition coefficient (Wildman–Crippen LogP) is 4.77. The second-order valence-electron chi connectivity index (χ2n) is 6.05. The minimum Gasteiger partial charge on any atom is -0.309 e.